The van der Waals surface area contributed by atoms with E-state index in [0.717, 1.165) is 0 Å². The number of aliphatic hydroxyl groups excluding tert-OH is 3. The second-order valence-corrected chi connectivity index (χ2v) is 7.59. The van der Waals surface area contributed by atoms with E-state index in [1.54, 1.807) is 42.5 Å². The molecule has 0 aromatic heterocycles. The van der Waals surface area contributed by atoms with Crippen LogP contribution in [-0.4, -0.2) is 63.1 Å². The van der Waals surface area contributed by atoms with E-state index in [0.29, 0.717) is 27.0 Å². The molecule has 0 radical (unpaired) electrons. The molecule has 0 saturated carbocycles. The highest BCUT2D eigenvalue weighted by Gasteiger charge is 2.48. The number of carbonyl (C=O) groups is 2. The number of ether oxygens (including phenoxy) is 2. The van der Waals surface area contributed by atoms with E-state index in [1.807, 2.05) is 0 Å². The number of nitrogens with one attached hydrogen (secondary N) is 1. The van der Waals surface area contributed by atoms with E-state index < -0.39 is 42.6 Å². The number of hydrogen-bond acceptors (Lipinski definition) is 8. The molecule has 1 unspecified atom stereocenters. The Labute approximate surface area is 186 Å². The summed E-state index contributed by atoms with van der Waals surface area (Å²) in [5.41, 5.74) is 1.45. The lowest BCUT2D eigenvalue weighted by Crippen LogP contribution is -2.60. The molecule has 5 N–H and O–H groups in total. The Kier molecular flexibility index (Phi) is 7.37. The Hall–Kier alpha value is -2.40. The summed E-state index contributed by atoms with van der Waals surface area (Å²) in [6.07, 6.45) is -9.51. The lowest BCUT2D eigenvalue weighted by Gasteiger charge is -2.37. The minimum absolute atomic E-state index is 0.284. The molecule has 0 bridgehead atoms. The van der Waals surface area contributed by atoms with Crippen molar-refractivity contribution in [2.24, 2.45) is 0 Å². The summed E-state index contributed by atoms with van der Waals surface area (Å²) in [4.78, 5) is 23.6. The third-order valence-electron chi connectivity index (χ3n) is 4.64. The number of rotatable bonds is 6. The normalized spacial score (nSPS) is 25.6. The second-order valence-electron chi connectivity index (χ2n) is 6.78. The van der Waals surface area contributed by atoms with Crippen molar-refractivity contribution < 1.29 is 39.5 Å². The summed E-state index contributed by atoms with van der Waals surface area (Å²) in [6, 6.07) is 11.7. The number of hydrogen-bond donors (Lipinski definition) is 5. The van der Waals surface area contributed by atoms with E-state index >= 15 is 0 Å². The van der Waals surface area contributed by atoms with Crippen LogP contribution in [0.15, 0.2) is 42.5 Å². The Balaban J connectivity index is 1.73. The van der Waals surface area contributed by atoms with Crippen molar-refractivity contribution in [1.29, 1.82) is 0 Å². The Bertz CT molecular complexity index is 952. The van der Waals surface area contributed by atoms with Gasteiger partial charge in [-0.05, 0) is 23.8 Å². The van der Waals surface area contributed by atoms with Crippen molar-refractivity contribution >= 4 is 46.5 Å². The van der Waals surface area contributed by atoms with Gasteiger partial charge in [-0.15, -0.1) is 0 Å². The highest BCUT2D eigenvalue weighted by Crippen LogP contribution is 2.34. The second kappa shape index (κ2) is 9.82. The molecule has 1 aliphatic heterocycles. The molecule has 2 aromatic carbocycles. The largest absolute Gasteiger partial charge is 0.479 e. The zero-order valence-corrected chi connectivity index (χ0v) is 17.3. The predicted molar refractivity (Wildman–Crippen MR) is 110 cm³/mol. The van der Waals surface area contributed by atoms with Crippen LogP contribution in [0.25, 0.3) is 0 Å². The molecule has 166 valence electrons. The number of anilines is 2. The van der Waals surface area contributed by atoms with Gasteiger partial charge in [0.15, 0.2) is 6.10 Å². The molecule has 0 aliphatic carbocycles. The maximum Gasteiger partial charge on any atom is 0.335 e. The van der Waals surface area contributed by atoms with Gasteiger partial charge >= 0.3 is 11.9 Å². The maximum atomic E-state index is 12.4. The van der Waals surface area contributed by atoms with Gasteiger partial charge in [-0.3, -0.25) is 4.79 Å². The fourth-order valence-electron chi connectivity index (χ4n) is 3.02. The smallest absolute Gasteiger partial charge is 0.335 e. The molecule has 1 aliphatic rings. The predicted octanol–water partition coefficient (Wildman–Crippen LogP) is 1.71. The summed E-state index contributed by atoms with van der Waals surface area (Å²) in [7, 11) is 0. The van der Waals surface area contributed by atoms with Crippen LogP contribution in [0.3, 0.4) is 0 Å². The van der Waals surface area contributed by atoms with E-state index in [4.69, 9.17) is 37.8 Å². The van der Waals surface area contributed by atoms with Gasteiger partial charge in [0.25, 0.3) is 0 Å². The summed E-state index contributed by atoms with van der Waals surface area (Å²) in [5, 5.41) is 42.4. The molecule has 2 aromatic rings. The SMILES string of the molecule is O=C(Cc1ccccc1Nc1c(Cl)cccc1Cl)O[C@@H]1OC(C(=O)O)[C@@H](O)[C@H](O)[C@H]1O. The van der Waals surface area contributed by atoms with Gasteiger partial charge in [-0.1, -0.05) is 47.5 Å². The standard InChI is InChI=1S/C20H19Cl2NO8/c21-10-5-3-6-11(22)14(10)23-12-7-2-1-4-9(12)8-13(24)30-20-17(27)15(25)16(26)18(31-20)19(28)29/h1-7,15-18,20,23,25-27H,8H2,(H,28,29)/t15-,16-,17+,18?,20+/m0/s1. The average Bonchev–Trinajstić information content (AvgIpc) is 2.72. The zero-order valence-electron chi connectivity index (χ0n) is 15.8. The first-order valence-corrected chi connectivity index (χ1v) is 9.85. The highest BCUT2D eigenvalue weighted by atomic mass is 35.5. The monoisotopic (exact) mass is 471 g/mol. The highest BCUT2D eigenvalue weighted by molar-refractivity contribution is 6.39. The summed E-state index contributed by atoms with van der Waals surface area (Å²) < 4.78 is 9.99. The Morgan fingerprint density at radius 3 is 2.26 bits per heavy atom. The third-order valence-corrected chi connectivity index (χ3v) is 5.27. The number of aliphatic carboxylic acids is 1. The molecule has 31 heavy (non-hydrogen) atoms. The minimum Gasteiger partial charge on any atom is -0.479 e. The quantitative estimate of drug-likeness (QED) is 0.397. The number of halogens is 2. The molecular formula is C20H19Cl2NO8. The van der Waals surface area contributed by atoms with Crippen LogP contribution >= 0.6 is 23.2 Å². The number of carboxylic acids is 1. The summed E-state index contributed by atoms with van der Waals surface area (Å²) >= 11 is 12.3. The van der Waals surface area contributed by atoms with Gasteiger partial charge in [0.05, 0.1) is 22.2 Å². The maximum absolute atomic E-state index is 12.4. The van der Waals surface area contributed by atoms with Crippen LogP contribution in [0.4, 0.5) is 11.4 Å². The molecule has 5 atom stereocenters. The lowest BCUT2D eigenvalue weighted by atomic mass is 9.99. The van der Waals surface area contributed by atoms with Crippen LogP contribution in [0.1, 0.15) is 5.56 Å². The molecule has 11 heteroatoms. The summed E-state index contributed by atoms with van der Waals surface area (Å²) in [6.45, 7) is 0. The molecule has 1 fully saturated rings. The van der Waals surface area contributed by atoms with Crippen molar-refractivity contribution in [3.8, 4) is 0 Å². The molecule has 0 spiro atoms. The summed E-state index contributed by atoms with van der Waals surface area (Å²) in [5.74, 6) is -2.44. The molecular weight excluding hydrogens is 453 g/mol. The van der Waals surface area contributed by atoms with Crippen LogP contribution in [0, 0.1) is 0 Å². The van der Waals surface area contributed by atoms with E-state index in [-0.39, 0.29) is 6.42 Å². The van der Waals surface area contributed by atoms with Gasteiger partial charge in [0.2, 0.25) is 6.29 Å². The topological polar surface area (TPSA) is 146 Å². The zero-order chi connectivity index (χ0) is 22.7. The van der Waals surface area contributed by atoms with Crippen LogP contribution in [-0.2, 0) is 25.5 Å². The first-order valence-electron chi connectivity index (χ1n) is 9.10. The third kappa shape index (κ3) is 5.27. The van der Waals surface area contributed by atoms with Crippen molar-refractivity contribution in [1.82, 2.24) is 0 Å². The molecule has 9 nitrogen and oxygen atoms in total. The van der Waals surface area contributed by atoms with Gasteiger partial charge in [0.1, 0.15) is 18.3 Å². The van der Waals surface area contributed by atoms with Crippen LogP contribution in [0.5, 0.6) is 0 Å². The number of para-hydroxylation sites is 2. The Morgan fingerprint density at radius 1 is 0.968 bits per heavy atom. The van der Waals surface area contributed by atoms with Crippen molar-refractivity contribution in [2.75, 3.05) is 5.32 Å². The van der Waals surface area contributed by atoms with Crippen molar-refractivity contribution in [3.63, 3.8) is 0 Å². The Morgan fingerprint density at radius 2 is 1.61 bits per heavy atom. The van der Waals surface area contributed by atoms with Gasteiger partial charge in [0, 0.05) is 5.69 Å². The number of carboxylic acid groups (broad SMARTS) is 1. The molecule has 0 amide bonds. The first-order chi connectivity index (χ1) is 14.7. The number of esters is 1. The first kappa shape index (κ1) is 23.3. The molecule has 1 saturated heterocycles. The minimum atomic E-state index is -1.88. The molecule has 1 heterocycles. The van der Waals surface area contributed by atoms with E-state index in [2.05, 4.69) is 5.32 Å². The van der Waals surface area contributed by atoms with Crippen LogP contribution in [0.2, 0.25) is 10.0 Å². The number of carbonyl (C=O) groups excluding carboxylic acids is 1. The van der Waals surface area contributed by atoms with Gasteiger partial charge in [-0.25, -0.2) is 4.79 Å². The average molecular weight is 472 g/mol. The fraction of sp³-hybridized carbons (Fsp3) is 0.300. The van der Waals surface area contributed by atoms with Gasteiger partial charge in [-0.2, -0.15) is 0 Å². The van der Waals surface area contributed by atoms with Crippen molar-refractivity contribution in [3.05, 3.63) is 58.1 Å². The van der Waals surface area contributed by atoms with E-state index in [1.165, 1.54) is 0 Å². The van der Waals surface area contributed by atoms with Gasteiger partial charge < -0.3 is 35.2 Å². The van der Waals surface area contributed by atoms with E-state index in [9.17, 15) is 24.9 Å². The number of aliphatic hydroxyl groups is 3. The molecule has 3 rings (SSSR count). The van der Waals surface area contributed by atoms with Crippen molar-refractivity contribution in [2.45, 2.75) is 37.1 Å². The fourth-order valence-corrected chi connectivity index (χ4v) is 3.52. The lowest BCUT2D eigenvalue weighted by molar-refractivity contribution is -0.286. The number of benzene rings is 2. The van der Waals surface area contributed by atoms with Crippen LogP contribution < -0.4 is 5.32 Å².